The number of hydrogen-bond acceptors (Lipinski definition) is 3. The summed E-state index contributed by atoms with van der Waals surface area (Å²) in [6, 6.07) is 0.464. The molecule has 0 bridgehead atoms. The van der Waals surface area contributed by atoms with Gasteiger partial charge in [-0.15, -0.1) is 0 Å². The summed E-state index contributed by atoms with van der Waals surface area (Å²) in [5.41, 5.74) is 5.76. The maximum Gasteiger partial charge on any atom is 0.0723 e. The van der Waals surface area contributed by atoms with Crippen molar-refractivity contribution >= 4 is 0 Å². The number of rotatable bonds is 4. The smallest absolute Gasteiger partial charge is 0.0723 e. The third-order valence-electron chi connectivity index (χ3n) is 3.38. The average Bonchev–Trinajstić information content (AvgIpc) is 2.25. The highest BCUT2D eigenvalue weighted by Crippen LogP contribution is 2.19. The van der Waals surface area contributed by atoms with Crippen LogP contribution in [0.15, 0.2) is 24.3 Å². The molecular formula is C13H25N3. The van der Waals surface area contributed by atoms with E-state index in [0.717, 1.165) is 12.8 Å². The van der Waals surface area contributed by atoms with E-state index in [9.17, 15) is 0 Å². The largest absolute Gasteiger partial charge is 0.328 e. The van der Waals surface area contributed by atoms with E-state index in [1.165, 1.54) is 0 Å². The highest BCUT2D eigenvalue weighted by atomic mass is 15.3. The van der Waals surface area contributed by atoms with Gasteiger partial charge in [0.2, 0.25) is 0 Å². The second-order valence-electron chi connectivity index (χ2n) is 4.54. The van der Waals surface area contributed by atoms with Gasteiger partial charge in [0.15, 0.2) is 0 Å². The van der Waals surface area contributed by atoms with Crippen LogP contribution in [0.25, 0.3) is 0 Å². The number of likely N-dealkylation sites (N-methyl/N-ethyl adjacent to an activating group) is 2. The SMILES string of the molecule is CNC(CN)N(C)[C@@H]1/C=C\C/C=C\CC1C. The summed E-state index contributed by atoms with van der Waals surface area (Å²) < 4.78 is 0. The van der Waals surface area contributed by atoms with Crippen molar-refractivity contribution in [3.05, 3.63) is 24.3 Å². The lowest BCUT2D eigenvalue weighted by atomic mass is 9.94. The molecule has 0 aromatic carbocycles. The van der Waals surface area contributed by atoms with Crippen LogP contribution in [-0.2, 0) is 0 Å². The second kappa shape index (κ2) is 6.84. The number of nitrogens with two attached hydrogens (primary N) is 1. The molecule has 0 saturated heterocycles. The molecule has 0 amide bonds. The first-order valence-electron chi connectivity index (χ1n) is 6.11. The van der Waals surface area contributed by atoms with E-state index in [-0.39, 0.29) is 6.17 Å². The van der Waals surface area contributed by atoms with Crippen LogP contribution in [0.3, 0.4) is 0 Å². The van der Waals surface area contributed by atoms with Gasteiger partial charge in [0.1, 0.15) is 0 Å². The van der Waals surface area contributed by atoms with E-state index in [0.29, 0.717) is 18.5 Å². The molecule has 3 heteroatoms. The van der Waals surface area contributed by atoms with Crippen LogP contribution >= 0.6 is 0 Å². The van der Waals surface area contributed by atoms with E-state index >= 15 is 0 Å². The van der Waals surface area contributed by atoms with Crippen molar-refractivity contribution < 1.29 is 0 Å². The summed E-state index contributed by atoms with van der Waals surface area (Å²) in [4.78, 5) is 2.33. The predicted molar refractivity (Wildman–Crippen MR) is 70.1 cm³/mol. The molecule has 16 heavy (non-hydrogen) atoms. The lowest BCUT2D eigenvalue weighted by molar-refractivity contribution is 0.146. The minimum Gasteiger partial charge on any atom is -0.328 e. The summed E-state index contributed by atoms with van der Waals surface area (Å²) in [5, 5.41) is 3.25. The van der Waals surface area contributed by atoms with E-state index < -0.39 is 0 Å². The molecular weight excluding hydrogens is 198 g/mol. The first-order chi connectivity index (χ1) is 7.70. The highest BCUT2D eigenvalue weighted by molar-refractivity contribution is 5.05. The van der Waals surface area contributed by atoms with Gasteiger partial charge < -0.3 is 11.1 Å². The maximum absolute atomic E-state index is 5.76. The average molecular weight is 223 g/mol. The third kappa shape index (κ3) is 3.44. The van der Waals surface area contributed by atoms with Crippen LogP contribution in [0, 0.1) is 5.92 Å². The zero-order valence-electron chi connectivity index (χ0n) is 10.7. The molecule has 1 aliphatic rings. The van der Waals surface area contributed by atoms with Crippen molar-refractivity contribution in [2.24, 2.45) is 11.7 Å². The van der Waals surface area contributed by atoms with Gasteiger partial charge in [0, 0.05) is 12.6 Å². The number of hydrogen-bond donors (Lipinski definition) is 2. The summed E-state index contributed by atoms with van der Waals surface area (Å²) in [5.74, 6) is 0.625. The molecule has 2 unspecified atom stereocenters. The van der Waals surface area contributed by atoms with E-state index in [4.69, 9.17) is 5.73 Å². The fourth-order valence-electron chi connectivity index (χ4n) is 2.27. The molecule has 3 atom stereocenters. The molecule has 3 N–H and O–H groups in total. The van der Waals surface area contributed by atoms with Crippen molar-refractivity contribution in [1.82, 2.24) is 10.2 Å². The Morgan fingerprint density at radius 3 is 2.81 bits per heavy atom. The lowest BCUT2D eigenvalue weighted by Gasteiger charge is -2.36. The van der Waals surface area contributed by atoms with Gasteiger partial charge >= 0.3 is 0 Å². The maximum atomic E-state index is 5.76. The zero-order chi connectivity index (χ0) is 12.0. The number of nitrogens with zero attached hydrogens (tertiary/aromatic N) is 1. The Bertz CT molecular complexity index is 244. The van der Waals surface area contributed by atoms with E-state index in [1.807, 2.05) is 7.05 Å². The van der Waals surface area contributed by atoms with Crippen LogP contribution in [0.2, 0.25) is 0 Å². The van der Waals surface area contributed by atoms with Crippen molar-refractivity contribution in [1.29, 1.82) is 0 Å². The Morgan fingerprint density at radius 1 is 1.44 bits per heavy atom. The molecule has 92 valence electrons. The predicted octanol–water partition coefficient (Wildman–Crippen LogP) is 1.33. The monoisotopic (exact) mass is 223 g/mol. The number of allylic oxidation sites excluding steroid dienone is 3. The topological polar surface area (TPSA) is 41.3 Å². The normalized spacial score (nSPS) is 31.8. The van der Waals surface area contributed by atoms with Crippen LogP contribution in [0.5, 0.6) is 0 Å². The summed E-state index contributed by atoms with van der Waals surface area (Å²) in [7, 11) is 4.11. The van der Waals surface area contributed by atoms with Crippen molar-refractivity contribution in [3.8, 4) is 0 Å². The molecule has 0 spiro atoms. The van der Waals surface area contributed by atoms with Crippen LogP contribution in [0.4, 0.5) is 0 Å². The van der Waals surface area contributed by atoms with E-state index in [2.05, 4.69) is 48.5 Å². The Labute approximate surface area is 99.4 Å². The fourth-order valence-corrected chi connectivity index (χ4v) is 2.27. The van der Waals surface area contributed by atoms with Crippen LogP contribution in [0.1, 0.15) is 19.8 Å². The fraction of sp³-hybridized carbons (Fsp3) is 0.692. The molecule has 0 radical (unpaired) electrons. The minimum absolute atomic E-state index is 0.250. The second-order valence-corrected chi connectivity index (χ2v) is 4.54. The molecule has 1 rings (SSSR count). The van der Waals surface area contributed by atoms with Gasteiger partial charge in [-0.2, -0.15) is 0 Å². The highest BCUT2D eigenvalue weighted by Gasteiger charge is 2.23. The molecule has 0 aromatic rings. The van der Waals surface area contributed by atoms with Crippen LogP contribution in [-0.4, -0.2) is 37.7 Å². The molecule has 3 nitrogen and oxygen atoms in total. The van der Waals surface area contributed by atoms with Crippen LogP contribution < -0.4 is 11.1 Å². The molecule has 0 fully saturated rings. The van der Waals surface area contributed by atoms with Gasteiger partial charge in [-0.05, 0) is 32.9 Å². The quantitative estimate of drug-likeness (QED) is 0.558. The molecule has 0 saturated carbocycles. The first-order valence-corrected chi connectivity index (χ1v) is 6.11. The van der Waals surface area contributed by atoms with Gasteiger partial charge in [-0.25, -0.2) is 0 Å². The molecule has 0 aliphatic heterocycles. The van der Waals surface area contributed by atoms with E-state index in [1.54, 1.807) is 0 Å². The van der Waals surface area contributed by atoms with Gasteiger partial charge in [0.05, 0.1) is 6.17 Å². The standard InChI is InChI=1S/C13H25N3/c1-11-8-6-4-5-7-9-12(11)16(3)13(10-14)15-2/h4,6-7,9,11-13,15H,5,8,10,14H2,1-3H3/b6-4-,9-7-/t11?,12-,13?/m1/s1. The minimum atomic E-state index is 0.250. The molecule has 1 aliphatic carbocycles. The zero-order valence-corrected chi connectivity index (χ0v) is 10.7. The lowest BCUT2D eigenvalue weighted by Crippen LogP contribution is -2.52. The first kappa shape index (κ1) is 13.4. The Balaban J connectivity index is 2.71. The van der Waals surface area contributed by atoms with Gasteiger partial charge in [-0.1, -0.05) is 31.2 Å². The third-order valence-corrected chi connectivity index (χ3v) is 3.38. The Hall–Kier alpha value is -0.640. The summed E-state index contributed by atoms with van der Waals surface area (Å²) >= 11 is 0. The van der Waals surface area contributed by atoms with Gasteiger partial charge in [0.25, 0.3) is 0 Å². The van der Waals surface area contributed by atoms with Gasteiger partial charge in [-0.3, -0.25) is 4.90 Å². The number of nitrogens with one attached hydrogen (secondary N) is 1. The summed E-state index contributed by atoms with van der Waals surface area (Å²) in [6.07, 6.45) is 11.5. The van der Waals surface area contributed by atoms with Crippen molar-refractivity contribution in [3.63, 3.8) is 0 Å². The van der Waals surface area contributed by atoms with Crippen molar-refractivity contribution in [2.45, 2.75) is 32.0 Å². The summed E-state index contributed by atoms with van der Waals surface area (Å²) in [6.45, 7) is 2.93. The Kier molecular flexibility index (Phi) is 5.74. The van der Waals surface area contributed by atoms with Crippen molar-refractivity contribution in [2.75, 3.05) is 20.6 Å². The molecule has 0 aromatic heterocycles. The Morgan fingerprint density at radius 2 is 2.19 bits per heavy atom. The molecule has 0 heterocycles.